The van der Waals surface area contributed by atoms with Crippen LogP contribution in [0.25, 0.3) is 0 Å². The van der Waals surface area contributed by atoms with Crippen molar-refractivity contribution in [3.8, 4) is 0 Å². The Labute approximate surface area is 99.5 Å². The Morgan fingerprint density at radius 1 is 1.56 bits per heavy atom. The first-order chi connectivity index (χ1) is 7.75. The largest absolute Gasteiger partial charge is 0.469 e. The molecule has 0 amide bonds. The molecular weight excluding hydrogens is 220 g/mol. The van der Waals surface area contributed by atoms with Crippen LogP contribution in [0.15, 0.2) is 29.0 Å². The number of nitrogens with zero attached hydrogens (tertiary/aromatic N) is 1. The SMILES string of the molecule is Cc1ncc(C(C)NCCc2ccco2)s1. The van der Waals surface area contributed by atoms with Gasteiger partial charge < -0.3 is 9.73 Å². The van der Waals surface area contributed by atoms with Crippen molar-refractivity contribution in [2.75, 3.05) is 6.54 Å². The first kappa shape index (κ1) is 11.4. The molecule has 0 aliphatic rings. The zero-order valence-corrected chi connectivity index (χ0v) is 10.4. The number of nitrogens with one attached hydrogen (secondary N) is 1. The molecule has 2 aromatic rings. The van der Waals surface area contributed by atoms with Crippen LogP contribution in [0.1, 0.15) is 28.6 Å². The predicted molar refractivity (Wildman–Crippen MR) is 65.7 cm³/mol. The van der Waals surface area contributed by atoms with E-state index in [-0.39, 0.29) is 0 Å². The first-order valence-electron chi connectivity index (χ1n) is 5.44. The number of thiazole rings is 1. The molecule has 16 heavy (non-hydrogen) atoms. The van der Waals surface area contributed by atoms with E-state index in [1.807, 2.05) is 25.3 Å². The fourth-order valence-corrected chi connectivity index (χ4v) is 2.36. The van der Waals surface area contributed by atoms with E-state index in [0.29, 0.717) is 6.04 Å². The number of furan rings is 1. The lowest BCUT2D eigenvalue weighted by molar-refractivity contribution is 0.487. The Kier molecular flexibility index (Phi) is 3.74. The second-order valence-electron chi connectivity index (χ2n) is 3.79. The van der Waals surface area contributed by atoms with Crippen molar-refractivity contribution < 1.29 is 4.42 Å². The molecule has 0 aliphatic carbocycles. The molecule has 86 valence electrons. The first-order valence-corrected chi connectivity index (χ1v) is 6.25. The minimum atomic E-state index is 0.362. The van der Waals surface area contributed by atoms with E-state index in [9.17, 15) is 0 Å². The minimum absolute atomic E-state index is 0.362. The van der Waals surface area contributed by atoms with Gasteiger partial charge in [0.2, 0.25) is 0 Å². The fraction of sp³-hybridized carbons (Fsp3) is 0.417. The maximum Gasteiger partial charge on any atom is 0.105 e. The highest BCUT2D eigenvalue weighted by atomic mass is 32.1. The predicted octanol–water partition coefficient (Wildman–Crippen LogP) is 2.94. The van der Waals surface area contributed by atoms with Crippen molar-refractivity contribution in [2.45, 2.75) is 26.3 Å². The van der Waals surface area contributed by atoms with E-state index >= 15 is 0 Å². The lowest BCUT2D eigenvalue weighted by Gasteiger charge is -2.10. The van der Waals surface area contributed by atoms with Crippen molar-refractivity contribution in [2.24, 2.45) is 0 Å². The molecule has 0 aliphatic heterocycles. The topological polar surface area (TPSA) is 38.1 Å². The molecule has 4 heteroatoms. The maximum atomic E-state index is 5.28. The molecule has 0 saturated carbocycles. The van der Waals surface area contributed by atoms with Crippen LogP contribution in [-0.2, 0) is 6.42 Å². The Hall–Kier alpha value is -1.13. The van der Waals surface area contributed by atoms with Gasteiger partial charge in [0.1, 0.15) is 5.76 Å². The molecule has 0 saturated heterocycles. The number of rotatable bonds is 5. The van der Waals surface area contributed by atoms with Crippen molar-refractivity contribution in [1.29, 1.82) is 0 Å². The van der Waals surface area contributed by atoms with Gasteiger partial charge in [-0.2, -0.15) is 0 Å². The zero-order valence-electron chi connectivity index (χ0n) is 9.56. The summed E-state index contributed by atoms with van der Waals surface area (Å²) in [6, 6.07) is 4.29. The Balaban J connectivity index is 1.78. The van der Waals surface area contributed by atoms with Crippen molar-refractivity contribution in [1.82, 2.24) is 10.3 Å². The third-order valence-corrected chi connectivity index (χ3v) is 3.56. The molecule has 0 fully saturated rings. The van der Waals surface area contributed by atoms with Gasteiger partial charge in [-0.1, -0.05) is 0 Å². The van der Waals surface area contributed by atoms with E-state index in [4.69, 9.17) is 4.42 Å². The van der Waals surface area contributed by atoms with Crippen LogP contribution >= 0.6 is 11.3 Å². The van der Waals surface area contributed by atoms with Crippen LogP contribution < -0.4 is 5.32 Å². The van der Waals surface area contributed by atoms with Crippen LogP contribution in [-0.4, -0.2) is 11.5 Å². The third kappa shape index (κ3) is 2.93. The van der Waals surface area contributed by atoms with E-state index in [2.05, 4.69) is 17.2 Å². The summed E-state index contributed by atoms with van der Waals surface area (Å²) in [6.07, 6.45) is 4.59. The van der Waals surface area contributed by atoms with Gasteiger partial charge in [0.25, 0.3) is 0 Å². The van der Waals surface area contributed by atoms with Crippen molar-refractivity contribution in [3.05, 3.63) is 40.2 Å². The number of aryl methyl sites for hydroxylation is 1. The van der Waals surface area contributed by atoms with Crippen LogP contribution in [0.4, 0.5) is 0 Å². The summed E-state index contributed by atoms with van der Waals surface area (Å²) in [5, 5.41) is 4.58. The van der Waals surface area contributed by atoms with Gasteiger partial charge >= 0.3 is 0 Å². The summed E-state index contributed by atoms with van der Waals surface area (Å²) in [5.74, 6) is 1.03. The summed E-state index contributed by atoms with van der Waals surface area (Å²) < 4.78 is 5.28. The highest BCUT2D eigenvalue weighted by molar-refractivity contribution is 7.11. The molecule has 3 nitrogen and oxygen atoms in total. The Morgan fingerprint density at radius 3 is 3.06 bits per heavy atom. The molecule has 0 bridgehead atoms. The van der Waals surface area contributed by atoms with Crippen LogP contribution in [0, 0.1) is 6.92 Å². The van der Waals surface area contributed by atoms with E-state index < -0.39 is 0 Å². The van der Waals surface area contributed by atoms with Crippen LogP contribution in [0.3, 0.4) is 0 Å². The second kappa shape index (κ2) is 5.27. The molecule has 1 atom stereocenters. The summed E-state index contributed by atoms with van der Waals surface area (Å²) in [6.45, 7) is 5.12. The van der Waals surface area contributed by atoms with Crippen LogP contribution in [0.5, 0.6) is 0 Å². The summed E-state index contributed by atoms with van der Waals surface area (Å²) in [5.41, 5.74) is 0. The standard InChI is InChI=1S/C12H16N2OS/c1-9(12-8-14-10(2)16-12)13-6-5-11-4-3-7-15-11/h3-4,7-9,13H,5-6H2,1-2H3. The van der Waals surface area contributed by atoms with Gasteiger partial charge in [0, 0.05) is 30.1 Å². The van der Waals surface area contributed by atoms with Gasteiger partial charge in [0.15, 0.2) is 0 Å². The summed E-state index contributed by atoms with van der Waals surface area (Å²) >= 11 is 1.75. The molecule has 1 N–H and O–H groups in total. The normalized spacial score (nSPS) is 12.9. The fourth-order valence-electron chi connectivity index (χ4n) is 1.55. The monoisotopic (exact) mass is 236 g/mol. The average molecular weight is 236 g/mol. The smallest absolute Gasteiger partial charge is 0.105 e. The third-order valence-electron chi connectivity index (χ3n) is 2.47. The highest BCUT2D eigenvalue weighted by Crippen LogP contribution is 2.19. The van der Waals surface area contributed by atoms with E-state index in [0.717, 1.165) is 23.7 Å². The molecule has 0 aromatic carbocycles. The summed E-state index contributed by atoms with van der Waals surface area (Å²) in [4.78, 5) is 5.54. The molecule has 2 aromatic heterocycles. The van der Waals surface area contributed by atoms with Gasteiger partial charge in [-0.05, 0) is 26.0 Å². The molecule has 0 radical (unpaired) electrons. The number of hydrogen-bond donors (Lipinski definition) is 1. The molecule has 2 heterocycles. The van der Waals surface area contributed by atoms with Crippen molar-refractivity contribution in [3.63, 3.8) is 0 Å². The van der Waals surface area contributed by atoms with Crippen molar-refractivity contribution >= 4 is 11.3 Å². The Bertz CT molecular complexity index is 422. The highest BCUT2D eigenvalue weighted by Gasteiger charge is 2.07. The van der Waals surface area contributed by atoms with Gasteiger partial charge in [-0.25, -0.2) is 4.98 Å². The lowest BCUT2D eigenvalue weighted by atomic mass is 10.2. The molecule has 0 spiro atoms. The second-order valence-corrected chi connectivity index (χ2v) is 5.05. The number of hydrogen-bond acceptors (Lipinski definition) is 4. The average Bonchev–Trinajstić information content (AvgIpc) is 2.89. The summed E-state index contributed by atoms with van der Waals surface area (Å²) in [7, 11) is 0. The molecular formula is C12H16N2OS. The van der Waals surface area contributed by atoms with Gasteiger partial charge in [0.05, 0.1) is 11.3 Å². The van der Waals surface area contributed by atoms with Crippen LogP contribution in [0.2, 0.25) is 0 Å². The van der Waals surface area contributed by atoms with E-state index in [1.165, 1.54) is 4.88 Å². The lowest BCUT2D eigenvalue weighted by Crippen LogP contribution is -2.20. The molecule has 2 rings (SSSR count). The maximum absolute atomic E-state index is 5.28. The molecule has 1 unspecified atom stereocenters. The van der Waals surface area contributed by atoms with Gasteiger partial charge in [-0.3, -0.25) is 0 Å². The quantitative estimate of drug-likeness (QED) is 0.867. The van der Waals surface area contributed by atoms with E-state index in [1.54, 1.807) is 17.6 Å². The Morgan fingerprint density at radius 2 is 2.44 bits per heavy atom. The number of aromatic nitrogens is 1. The van der Waals surface area contributed by atoms with Gasteiger partial charge in [-0.15, -0.1) is 11.3 Å². The zero-order chi connectivity index (χ0) is 11.4. The minimum Gasteiger partial charge on any atom is -0.469 e.